The lowest BCUT2D eigenvalue weighted by atomic mass is 10.0. The fourth-order valence-electron chi connectivity index (χ4n) is 1.49. The first-order chi connectivity index (χ1) is 9.67. The Bertz CT molecular complexity index is 627. The normalized spacial score (nSPS) is 11.7. The Hall–Kier alpha value is -1.80. The van der Waals surface area contributed by atoms with E-state index in [0.29, 0.717) is 5.92 Å². The van der Waals surface area contributed by atoms with Gasteiger partial charge in [-0.2, -0.15) is 0 Å². The highest BCUT2D eigenvalue weighted by atomic mass is 35.5. The van der Waals surface area contributed by atoms with Gasteiger partial charge >= 0.3 is 6.09 Å². The molecular formula is C13H20ClN3O4S. The lowest BCUT2D eigenvalue weighted by molar-refractivity contribution is 0.145. The Kier molecular flexibility index (Phi) is 7.89. The van der Waals surface area contributed by atoms with Gasteiger partial charge in [-0.1, -0.05) is 38.1 Å². The fraction of sp³-hybridized carbons (Fsp3) is 0.385. The van der Waals surface area contributed by atoms with Crippen LogP contribution in [0.2, 0.25) is 0 Å². The van der Waals surface area contributed by atoms with Crippen molar-refractivity contribution < 1.29 is 17.9 Å². The molecule has 7 nitrogen and oxygen atoms in total. The highest BCUT2D eigenvalue weighted by Gasteiger charge is 2.07. The number of nitrogens with zero attached hydrogens (tertiary/aromatic N) is 1. The Morgan fingerprint density at radius 2 is 1.86 bits per heavy atom. The number of halogens is 1. The van der Waals surface area contributed by atoms with E-state index in [1.807, 2.05) is 29.6 Å². The van der Waals surface area contributed by atoms with Crippen molar-refractivity contribution in [3.05, 3.63) is 35.4 Å². The molecule has 0 bridgehead atoms. The number of alkyl carbamates (subject to hydrolysis) is 1. The van der Waals surface area contributed by atoms with Gasteiger partial charge < -0.3 is 10.5 Å². The van der Waals surface area contributed by atoms with Gasteiger partial charge in [0.1, 0.15) is 6.61 Å². The fourth-order valence-corrected chi connectivity index (χ4v) is 1.89. The number of carbonyl (C=O) groups is 1. The molecule has 0 saturated carbocycles. The molecule has 1 amide bonds. The van der Waals surface area contributed by atoms with Crippen molar-refractivity contribution in [2.75, 3.05) is 6.26 Å². The van der Waals surface area contributed by atoms with E-state index in [1.165, 1.54) is 5.56 Å². The van der Waals surface area contributed by atoms with Gasteiger partial charge in [0.2, 0.25) is 5.96 Å². The minimum Gasteiger partial charge on any atom is -0.444 e. The summed E-state index contributed by atoms with van der Waals surface area (Å²) in [5, 5.41) is 2.02. The van der Waals surface area contributed by atoms with Crippen LogP contribution in [0.3, 0.4) is 0 Å². The van der Waals surface area contributed by atoms with Gasteiger partial charge in [0.25, 0.3) is 10.0 Å². The molecule has 124 valence electrons. The van der Waals surface area contributed by atoms with Gasteiger partial charge in [-0.3, -0.25) is 5.32 Å². The number of ether oxygens (including phenoxy) is 1. The number of hydrogen-bond acceptors (Lipinski definition) is 4. The van der Waals surface area contributed by atoms with Crippen molar-refractivity contribution >= 4 is 34.5 Å². The molecule has 0 atom stereocenters. The summed E-state index contributed by atoms with van der Waals surface area (Å²) in [7, 11) is -3.66. The minimum absolute atomic E-state index is 0. The van der Waals surface area contributed by atoms with Crippen molar-refractivity contribution in [1.82, 2.24) is 5.32 Å². The van der Waals surface area contributed by atoms with E-state index >= 15 is 0 Å². The van der Waals surface area contributed by atoms with Crippen LogP contribution in [0.25, 0.3) is 0 Å². The summed E-state index contributed by atoms with van der Waals surface area (Å²) >= 11 is 0. The summed E-state index contributed by atoms with van der Waals surface area (Å²) in [6, 6.07) is 7.63. The van der Waals surface area contributed by atoms with Crippen LogP contribution in [0.15, 0.2) is 28.7 Å². The van der Waals surface area contributed by atoms with Crippen molar-refractivity contribution in [2.24, 2.45) is 10.1 Å². The molecule has 1 rings (SSSR count). The number of benzene rings is 1. The molecule has 0 spiro atoms. The highest BCUT2D eigenvalue weighted by molar-refractivity contribution is 7.89. The summed E-state index contributed by atoms with van der Waals surface area (Å²) in [6.45, 7) is 4.22. The number of hydrogen-bond donors (Lipinski definition) is 2. The van der Waals surface area contributed by atoms with E-state index in [4.69, 9.17) is 10.5 Å². The summed E-state index contributed by atoms with van der Waals surface area (Å²) in [5.74, 6) is -0.104. The maximum Gasteiger partial charge on any atom is 0.414 e. The van der Waals surface area contributed by atoms with E-state index in [9.17, 15) is 13.2 Å². The molecule has 0 fully saturated rings. The molecule has 0 aliphatic rings. The summed E-state index contributed by atoms with van der Waals surface area (Å²) in [4.78, 5) is 11.4. The van der Waals surface area contributed by atoms with Crippen molar-refractivity contribution in [3.8, 4) is 0 Å². The number of nitrogens with one attached hydrogen (secondary N) is 1. The van der Waals surface area contributed by atoms with Gasteiger partial charge in [0.15, 0.2) is 0 Å². The molecule has 9 heteroatoms. The van der Waals surface area contributed by atoms with Gasteiger partial charge in [-0.15, -0.1) is 16.8 Å². The van der Waals surface area contributed by atoms with E-state index in [0.717, 1.165) is 11.8 Å². The maximum absolute atomic E-state index is 11.4. The Morgan fingerprint density at radius 3 is 2.32 bits per heavy atom. The molecule has 0 heterocycles. The number of rotatable bonds is 4. The maximum atomic E-state index is 11.4. The van der Waals surface area contributed by atoms with Crippen LogP contribution < -0.4 is 11.1 Å². The van der Waals surface area contributed by atoms with E-state index < -0.39 is 22.1 Å². The number of amides is 1. The van der Waals surface area contributed by atoms with Crippen LogP contribution in [0.1, 0.15) is 30.9 Å². The third-order valence-corrected chi connectivity index (χ3v) is 3.04. The van der Waals surface area contributed by atoms with Crippen LogP contribution in [0.4, 0.5) is 4.79 Å². The molecule has 0 unspecified atom stereocenters. The lowest BCUT2D eigenvalue weighted by Gasteiger charge is -2.08. The quantitative estimate of drug-likeness (QED) is 0.635. The zero-order chi connectivity index (χ0) is 16.0. The van der Waals surface area contributed by atoms with Gasteiger partial charge in [-0.25, -0.2) is 13.2 Å². The standard InChI is InChI=1S/C13H19N3O4S.ClH/c1-9(2)11-6-4-10(5-7-11)8-20-13(17)15-12(14)16-21(3,18)19;/h4-7,9H,8H2,1-3H3,(H3,14,15,16,17);1H. The summed E-state index contributed by atoms with van der Waals surface area (Å²) < 4.78 is 29.7. The molecule has 1 aromatic rings. The summed E-state index contributed by atoms with van der Waals surface area (Å²) in [5.41, 5.74) is 7.24. The first-order valence-electron chi connectivity index (χ1n) is 6.25. The van der Waals surface area contributed by atoms with Crippen LogP contribution in [-0.4, -0.2) is 26.7 Å². The second-order valence-electron chi connectivity index (χ2n) is 4.81. The minimum atomic E-state index is -3.66. The second-order valence-corrected chi connectivity index (χ2v) is 6.46. The largest absolute Gasteiger partial charge is 0.444 e. The van der Waals surface area contributed by atoms with Crippen molar-refractivity contribution in [1.29, 1.82) is 0 Å². The molecule has 3 N–H and O–H groups in total. The Morgan fingerprint density at radius 1 is 1.32 bits per heavy atom. The van der Waals surface area contributed by atoms with Crippen molar-refractivity contribution in [3.63, 3.8) is 0 Å². The van der Waals surface area contributed by atoms with Crippen LogP contribution in [0.5, 0.6) is 0 Å². The van der Waals surface area contributed by atoms with Gasteiger partial charge in [0, 0.05) is 0 Å². The van der Waals surface area contributed by atoms with E-state index in [1.54, 1.807) is 0 Å². The van der Waals surface area contributed by atoms with Crippen molar-refractivity contribution in [2.45, 2.75) is 26.4 Å². The zero-order valence-corrected chi connectivity index (χ0v) is 14.2. The average Bonchev–Trinajstić information content (AvgIpc) is 2.34. The van der Waals surface area contributed by atoms with Crippen LogP contribution >= 0.6 is 12.4 Å². The molecule has 0 aromatic heterocycles. The number of carbonyl (C=O) groups excluding carboxylic acids is 1. The number of sulfonamides is 1. The first-order valence-corrected chi connectivity index (χ1v) is 8.10. The first kappa shape index (κ1) is 20.2. The topological polar surface area (TPSA) is 111 Å². The molecule has 0 radical (unpaired) electrons. The van der Waals surface area contributed by atoms with Crippen LogP contribution in [-0.2, 0) is 21.4 Å². The highest BCUT2D eigenvalue weighted by Crippen LogP contribution is 2.15. The number of guanidine groups is 1. The monoisotopic (exact) mass is 349 g/mol. The number of nitrogens with two attached hydrogens (primary N) is 1. The lowest BCUT2D eigenvalue weighted by Crippen LogP contribution is -2.37. The smallest absolute Gasteiger partial charge is 0.414 e. The molecule has 1 aromatic carbocycles. The van der Waals surface area contributed by atoms with Gasteiger partial charge in [-0.05, 0) is 17.0 Å². The molecule has 0 aliphatic carbocycles. The van der Waals surface area contributed by atoms with E-state index in [2.05, 4.69) is 18.2 Å². The second kappa shape index (κ2) is 8.60. The predicted molar refractivity (Wildman–Crippen MR) is 87.6 cm³/mol. The third kappa shape index (κ3) is 7.84. The predicted octanol–water partition coefficient (Wildman–Crippen LogP) is 1.73. The SMILES string of the molecule is CC(C)c1ccc(COC(=O)N/C(N)=N/S(C)(=O)=O)cc1.Cl. The Balaban J connectivity index is 0.00000441. The molecule has 0 saturated heterocycles. The third-order valence-electron chi connectivity index (χ3n) is 2.51. The molecule has 22 heavy (non-hydrogen) atoms. The van der Waals surface area contributed by atoms with E-state index in [-0.39, 0.29) is 19.0 Å². The van der Waals surface area contributed by atoms with Gasteiger partial charge in [0.05, 0.1) is 6.26 Å². The molecular weight excluding hydrogens is 330 g/mol. The zero-order valence-electron chi connectivity index (χ0n) is 12.6. The van der Waals surface area contributed by atoms with Crippen LogP contribution in [0, 0.1) is 0 Å². The molecule has 0 aliphatic heterocycles. The summed E-state index contributed by atoms with van der Waals surface area (Å²) in [6.07, 6.45) is -0.00351. The Labute approximate surface area is 136 Å². The average molecular weight is 350 g/mol.